The van der Waals surface area contributed by atoms with Crippen molar-refractivity contribution in [2.45, 2.75) is 44.4 Å². The quantitative estimate of drug-likeness (QED) is 0.510. The Balaban J connectivity index is 1.45. The van der Waals surface area contributed by atoms with Gasteiger partial charge in [0.1, 0.15) is 6.61 Å². The van der Waals surface area contributed by atoms with Gasteiger partial charge in [0.05, 0.1) is 32.4 Å². The molecule has 1 aromatic carbocycles. The van der Waals surface area contributed by atoms with Crippen LogP contribution in [0.4, 0.5) is 0 Å². The molecule has 0 unspecified atom stereocenters. The Morgan fingerprint density at radius 2 is 2.06 bits per heavy atom. The number of para-hydroxylation sites is 2. The lowest BCUT2D eigenvalue weighted by molar-refractivity contribution is -0.136. The average molecular weight is 475 g/mol. The number of nitrogens with zero attached hydrogens (tertiary/aromatic N) is 2. The summed E-state index contributed by atoms with van der Waals surface area (Å²) in [6, 6.07) is 9.92. The van der Waals surface area contributed by atoms with Gasteiger partial charge < -0.3 is 24.2 Å². The van der Waals surface area contributed by atoms with Gasteiger partial charge in [0.25, 0.3) is 0 Å². The van der Waals surface area contributed by atoms with Crippen LogP contribution in [0, 0.1) is 0 Å². The fourth-order valence-electron chi connectivity index (χ4n) is 4.41. The van der Waals surface area contributed by atoms with Crippen LogP contribution in [0.2, 0.25) is 0 Å². The summed E-state index contributed by atoms with van der Waals surface area (Å²) < 4.78 is 16.9. The number of amides is 1. The van der Waals surface area contributed by atoms with Crippen molar-refractivity contribution >= 4 is 17.2 Å². The Kier molecular flexibility index (Phi) is 8.25. The maximum atomic E-state index is 13.5. The minimum absolute atomic E-state index is 0.0796. The van der Waals surface area contributed by atoms with E-state index in [1.165, 1.54) is 10.4 Å². The molecule has 1 fully saturated rings. The molecule has 1 N–H and O–H groups in total. The molecule has 180 valence electrons. The third-order valence-corrected chi connectivity index (χ3v) is 7.24. The molecule has 8 heteroatoms. The van der Waals surface area contributed by atoms with E-state index < -0.39 is 6.10 Å². The van der Waals surface area contributed by atoms with Crippen molar-refractivity contribution in [3.8, 4) is 11.5 Å². The van der Waals surface area contributed by atoms with Gasteiger partial charge in [-0.15, -0.1) is 11.3 Å². The van der Waals surface area contributed by atoms with E-state index >= 15 is 0 Å². The van der Waals surface area contributed by atoms with Crippen LogP contribution in [-0.4, -0.2) is 79.5 Å². The number of rotatable bonds is 12. The van der Waals surface area contributed by atoms with E-state index in [0.717, 1.165) is 19.3 Å². The Labute approximate surface area is 199 Å². The van der Waals surface area contributed by atoms with Crippen LogP contribution in [0.1, 0.15) is 36.2 Å². The summed E-state index contributed by atoms with van der Waals surface area (Å²) in [6.45, 7) is 4.58. The molecule has 33 heavy (non-hydrogen) atoms. The fourth-order valence-corrected chi connectivity index (χ4v) is 5.33. The van der Waals surface area contributed by atoms with Crippen molar-refractivity contribution in [3.63, 3.8) is 0 Å². The van der Waals surface area contributed by atoms with Crippen LogP contribution in [0.25, 0.3) is 0 Å². The topological polar surface area (TPSA) is 71.5 Å². The van der Waals surface area contributed by atoms with Crippen LogP contribution in [-0.2, 0) is 16.0 Å². The molecule has 2 heterocycles. The molecule has 0 bridgehead atoms. The summed E-state index contributed by atoms with van der Waals surface area (Å²) in [7, 11) is 1.63. The Hall–Kier alpha value is -2.13. The molecule has 7 nitrogen and oxygen atoms in total. The van der Waals surface area contributed by atoms with Crippen molar-refractivity contribution in [1.82, 2.24) is 9.80 Å². The van der Waals surface area contributed by atoms with Gasteiger partial charge in [-0.25, -0.2) is 0 Å². The Morgan fingerprint density at radius 3 is 2.79 bits per heavy atom. The molecule has 2 atom stereocenters. The number of thiophene rings is 1. The highest BCUT2D eigenvalue weighted by molar-refractivity contribution is 7.10. The lowest BCUT2D eigenvalue weighted by atomic mass is 10.0. The van der Waals surface area contributed by atoms with Gasteiger partial charge >= 0.3 is 0 Å². The number of benzene rings is 1. The molecule has 0 saturated heterocycles. The molecule has 0 radical (unpaired) electrons. The van der Waals surface area contributed by atoms with Crippen LogP contribution >= 0.6 is 11.3 Å². The van der Waals surface area contributed by atoms with Crippen molar-refractivity contribution in [2.75, 3.05) is 46.6 Å². The van der Waals surface area contributed by atoms with Gasteiger partial charge in [0.2, 0.25) is 5.91 Å². The lowest BCUT2D eigenvalue weighted by Gasteiger charge is -2.37. The summed E-state index contributed by atoms with van der Waals surface area (Å²) in [5.74, 6) is 1.43. The smallest absolute Gasteiger partial charge is 0.237 e. The molecular formula is C25H34N2O5S. The largest absolute Gasteiger partial charge is 0.493 e. The third kappa shape index (κ3) is 6.06. The van der Waals surface area contributed by atoms with Crippen molar-refractivity contribution in [1.29, 1.82) is 0 Å². The normalized spacial score (nSPS) is 18.8. The molecular weight excluding hydrogens is 440 g/mol. The zero-order valence-corrected chi connectivity index (χ0v) is 20.3. The Morgan fingerprint density at radius 1 is 1.27 bits per heavy atom. The lowest BCUT2D eigenvalue weighted by Crippen LogP contribution is -2.48. The second kappa shape index (κ2) is 11.3. The van der Waals surface area contributed by atoms with Gasteiger partial charge in [-0.2, -0.15) is 0 Å². The average Bonchev–Trinajstić information content (AvgIpc) is 3.57. The van der Waals surface area contributed by atoms with Crippen LogP contribution < -0.4 is 9.47 Å². The molecule has 4 rings (SSSR count). The van der Waals surface area contributed by atoms with E-state index in [9.17, 15) is 9.90 Å². The van der Waals surface area contributed by atoms with Crippen molar-refractivity contribution in [2.24, 2.45) is 0 Å². The molecule has 1 aliphatic heterocycles. The summed E-state index contributed by atoms with van der Waals surface area (Å²) in [5, 5.41) is 12.4. The second-order valence-corrected chi connectivity index (χ2v) is 9.59. The van der Waals surface area contributed by atoms with E-state index in [1.54, 1.807) is 18.4 Å². The van der Waals surface area contributed by atoms with E-state index in [4.69, 9.17) is 14.2 Å². The summed E-state index contributed by atoms with van der Waals surface area (Å²) >= 11 is 1.74. The van der Waals surface area contributed by atoms with Crippen LogP contribution in [0.15, 0.2) is 35.7 Å². The minimum atomic E-state index is -0.590. The zero-order valence-electron chi connectivity index (χ0n) is 19.4. The van der Waals surface area contributed by atoms with Crippen molar-refractivity contribution in [3.05, 3.63) is 46.2 Å². The van der Waals surface area contributed by atoms with E-state index in [1.807, 2.05) is 36.1 Å². The van der Waals surface area contributed by atoms with Gasteiger partial charge in [-0.1, -0.05) is 12.1 Å². The van der Waals surface area contributed by atoms with Crippen LogP contribution in [0.3, 0.4) is 0 Å². The number of methoxy groups -OCH3 is 1. The summed E-state index contributed by atoms with van der Waals surface area (Å²) in [6.07, 6.45) is 2.42. The number of hydrogen-bond acceptors (Lipinski definition) is 7. The highest BCUT2D eigenvalue weighted by Crippen LogP contribution is 2.36. The highest BCUT2D eigenvalue weighted by atomic mass is 32.1. The predicted molar refractivity (Wildman–Crippen MR) is 128 cm³/mol. The highest BCUT2D eigenvalue weighted by Gasteiger charge is 2.36. The molecule has 1 saturated carbocycles. The molecule has 1 amide bonds. The first kappa shape index (κ1) is 24.0. The second-order valence-electron chi connectivity index (χ2n) is 8.59. The molecule has 1 aliphatic carbocycles. The SMILES string of the molecule is CCOC[C@@H](O)CN(CC(=O)N1CCc2sccc2[C@H]1COc1ccccc1OC)C1CC1. The van der Waals surface area contributed by atoms with Crippen LogP contribution in [0.5, 0.6) is 11.5 Å². The van der Waals surface area contributed by atoms with Gasteiger partial charge in [-0.05, 0) is 55.3 Å². The van der Waals surface area contributed by atoms with E-state index in [0.29, 0.717) is 57.0 Å². The number of carbonyl (C=O) groups is 1. The fraction of sp³-hybridized carbons (Fsp3) is 0.560. The first-order chi connectivity index (χ1) is 16.1. The molecule has 2 aromatic rings. The molecule has 1 aromatic heterocycles. The molecule has 0 spiro atoms. The first-order valence-corrected chi connectivity index (χ1v) is 12.6. The number of hydrogen-bond donors (Lipinski definition) is 1. The van der Waals surface area contributed by atoms with Gasteiger partial charge in [0, 0.05) is 30.6 Å². The number of carbonyl (C=O) groups excluding carboxylic acids is 1. The Bertz CT molecular complexity index is 916. The monoisotopic (exact) mass is 474 g/mol. The minimum Gasteiger partial charge on any atom is -0.493 e. The van der Waals surface area contributed by atoms with Gasteiger partial charge in [0.15, 0.2) is 11.5 Å². The first-order valence-electron chi connectivity index (χ1n) is 11.7. The van der Waals surface area contributed by atoms with E-state index in [-0.39, 0.29) is 11.9 Å². The number of aliphatic hydroxyl groups is 1. The standard InChI is InChI=1S/C25H34N2O5S/c1-3-31-16-19(28)14-26(18-8-9-18)15-25(29)27-12-10-24-20(11-13-33-24)21(27)17-32-23-7-5-4-6-22(23)30-2/h4-7,11,13,18-19,21,28H,3,8-10,12,14-17H2,1-2H3/t19-,21+/m0/s1. The number of aliphatic hydroxyl groups excluding tert-OH is 1. The summed E-state index contributed by atoms with van der Waals surface area (Å²) in [4.78, 5) is 18.9. The van der Waals surface area contributed by atoms with Crippen molar-refractivity contribution < 1.29 is 24.1 Å². The zero-order chi connectivity index (χ0) is 23.2. The predicted octanol–water partition coefficient (Wildman–Crippen LogP) is 3.12. The molecule has 2 aliphatic rings. The maximum absolute atomic E-state index is 13.5. The third-order valence-electron chi connectivity index (χ3n) is 6.24. The number of ether oxygens (including phenoxy) is 3. The summed E-state index contributed by atoms with van der Waals surface area (Å²) in [5.41, 5.74) is 1.17. The van der Waals surface area contributed by atoms with Gasteiger partial charge in [-0.3, -0.25) is 9.69 Å². The maximum Gasteiger partial charge on any atom is 0.237 e. The van der Waals surface area contributed by atoms with E-state index in [2.05, 4.69) is 16.3 Å². The number of fused-ring (bicyclic) bond motifs is 1.